The molecule has 0 aromatic rings. The quantitative estimate of drug-likeness (QED) is 0.106. The fourth-order valence-electron chi connectivity index (χ4n) is 4.93. The molecule has 0 aromatic carbocycles. The molecule has 27 nitrogen and oxygen atoms in total. The first-order valence-electron chi connectivity index (χ1n) is 16.2. The van der Waals surface area contributed by atoms with E-state index in [1.807, 2.05) is 0 Å². The van der Waals surface area contributed by atoms with Crippen molar-refractivity contribution in [3.8, 4) is 0 Å². The maximum atomic E-state index is 10.4. The average molecular weight is 822 g/mol. The predicted octanol–water partition coefficient (Wildman–Crippen LogP) is -14.2. The molecule has 2 saturated heterocycles. The van der Waals surface area contributed by atoms with Gasteiger partial charge in [-0.15, -0.1) is 0 Å². The molecule has 24 N–H and O–H groups in total. The van der Waals surface area contributed by atoms with Crippen LogP contribution in [0.3, 0.4) is 0 Å². The second-order valence-corrected chi connectivity index (χ2v) is 12.6. The molecule has 55 heavy (non-hydrogen) atoms. The minimum atomic E-state index is -1.64. The van der Waals surface area contributed by atoms with Crippen LogP contribution in [0.2, 0.25) is 0 Å². The molecule has 4 aliphatic rings. The van der Waals surface area contributed by atoms with Crippen molar-refractivity contribution in [3.05, 3.63) is 0 Å². The van der Waals surface area contributed by atoms with Gasteiger partial charge in [-0.2, -0.15) is 0 Å². The van der Waals surface area contributed by atoms with Crippen molar-refractivity contribution in [2.24, 2.45) is 11.7 Å². The number of carboxylic acid groups (broad SMARTS) is 1. The Labute approximate surface area is 310 Å². The Kier molecular flexibility index (Phi) is 23.8. The highest BCUT2D eigenvalue weighted by Crippen LogP contribution is 2.31. The van der Waals surface area contributed by atoms with Crippen molar-refractivity contribution in [1.29, 1.82) is 0 Å². The van der Waals surface area contributed by atoms with Crippen LogP contribution in [0.15, 0.2) is 0 Å². The molecule has 27 heteroatoms. The molecule has 2 saturated carbocycles. The van der Waals surface area contributed by atoms with Gasteiger partial charge in [0.1, 0.15) is 85.4 Å². The molecule has 7 unspecified atom stereocenters. The Bertz CT molecular complexity index is 1000. The minimum absolute atomic E-state index is 0.0625. The van der Waals surface area contributed by atoms with Gasteiger partial charge in [0, 0.05) is 5.92 Å². The number of esters is 1. The molecule has 0 spiro atoms. The summed E-state index contributed by atoms with van der Waals surface area (Å²) >= 11 is 0. The van der Waals surface area contributed by atoms with E-state index in [9.17, 15) is 30.0 Å². The number of carbonyl (C=O) groups is 2. The first-order valence-corrected chi connectivity index (χ1v) is 16.2. The van der Waals surface area contributed by atoms with Gasteiger partial charge in [-0.3, -0.25) is 4.79 Å². The first kappa shape index (κ1) is 53.0. The van der Waals surface area contributed by atoms with Gasteiger partial charge in [-0.25, -0.2) is 4.79 Å². The van der Waals surface area contributed by atoms with E-state index in [-0.39, 0.29) is 6.42 Å². The number of hydrogen-bond donors (Lipinski definition) is 23. The lowest BCUT2D eigenvalue weighted by molar-refractivity contribution is -0.286. The van der Waals surface area contributed by atoms with E-state index in [1.54, 1.807) is 0 Å². The number of aliphatic hydroxyl groups excluding tert-OH is 21. The van der Waals surface area contributed by atoms with Crippen molar-refractivity contribution in [2.75, 3.05) is 26.4 Å². The third kappa shape index (κ3) is 14.7. The van der Waals surface area contributed by atoms with Crippen LogP contribution in [-0.2, 0) is 19.1 Å². The van der Waals surface area contributed by atoms with Crippen LogP contribution < -0.4 is 5.73 Å². The first-order chi connectivity index (χ1) is 25.4. The number of cyclic esters (lactones) is 1. The molecular formula is C28H55NO26. The summed E-state index contributed by atoms with van der Waals surface area (Å²) in [6, 6.07) is -1.13. The summed E-state index contributed by atoms with van der Waals surface area (Å²) in [4.78, 5) is 20.1. The highest BCUT2D eigenvalue weighted by Gasteiger charge is 2.49. The van der Waals surface area contributed by atoms with E-state index in [1.165, 1.54) is 0 Å². The van der Waals surface area contributed by atoms with E-state index in [0.29, 0.717) is 0 Å². The number of hydrogen-bond acceptors (Lipinski definition) is 26. The molecule has 2 aliphatic heterocycles. The summed E-state index contributed by atoms with van der Waals surface area (Å²) in [5, 5.41) is 195. The van der Waals surface area contributed by atoms with Crippen molar-refractivity contribution in [1.82, 2.24) is 0 Å². The summed E-state index contributed by atoms with van der Waals surface area (Å²) in [5.74, 6) is -2.88. The second kappa shape index (κ2) is 24.7. The number of carboxylic acids is 1. The largest absolute Gasteiger partial charge is 0.480 e. The zero-order valence-corrected chi connectivity index (χ0v) is 28.7. The number of rotatable bonds is 7. The standard InChI is InChI=1S/C8H16O6.2C6H12O6.C5H8O5.C3H7NO3/c9-2-3(10)1-4-5(11)7(13)8(14)6(4)12;7-1-2-3(8)4(9)5(10)6(11)12-2;7-1-2(8)4(10)6(12)5(11)3(1)9;6-1-2-3(7)4(8)5(9)10-2;4-2(1-5)3(6)7/h3-14H,1-2H2;2-11H,1H2;1-12H;2-4,6-8H,1H2;2,5H,1,4H2,(H,6,7)/t3?,4?,5-,6+,7+,8-;2-,3-,4?,5-,6+;;;/m.1.../s1. The van der Waals surface area contributed by atoms with Crippen molar-refractivity contribution >= 4 is 11.9 Å². The van der Waals surface area contributed by atoms with Crippen LogP contribution in [0.5, 0.6) is 0 Å². The summed E-state index contributed by atoms with van der Waals surface area (Å²) in [7, 11) is 0. The number of carbonyl (C=O) groups excluding carboxylic acids is 1. The third-order valence-corrected chi connectivity index (χ3v) is 8.56. The SMILES string of the molecule is NC(CO)C(=O)O.O=C1OC(CO)C(O)C1O.OC1C(O)C(O)C(O)C(O)C1O.OCC(O)CC1[C@@H](O)[C@H](O)[C@H](O)[C@H]1O.OC[C@H]1O[C@H](O)[C@H](O)C(O)[C@@H]1O. The number of ether oxygens (including phenoxy) is 2. The summed E-state index contributed by atoms with van der Waals surface area (Å²) in [6.45, 7) is -1.98. The van der Waals surface area contributed by atoms with Crippen LogP contribution in [0.25, 0.3) is 0 Å². The zero-order valence-electron chi connectivity index (χ0n) is 28.7. The molecule has 15 atom stereocenters. The smallest absolute Gasteiger partial charge is 0.338 e. The molecule has 2 heterocycles. The fourth-order valence-corrected chi connectivity index (χ4v) is 4.93. The van der Waals surface area contributed by atoms with Gasteiger partial charge in [0.2, 0.25) is 0 Å². The Morgan fingerprint density at radius 2 is 0.909 bits per heavy atom. The molecule has 4 rings (SSSR count). The van der Waals surface area contributed by atoms with Gasteiger partial charge in [-0.05, 0) is 6.42 Å². The molecule has 0 radical (unpaired) electrons. The van der Waals surface area contributed by atoms with Crippen LogP contribution >= 0.6 is 0 Å². The molecule has 0 aromatic heterocycles. The van der Waals surface area contributed by atoms with Gasteiger partial charge in [0.05, 0.1) is 44.7 Å². The minimum Gasteiger partial charge on any atom is -0.480 e. The van der Waals surface area contributed by atoms with Crippen molar-refractivity contribution < 1.29 is 131 Å². The van der Waals surface area contributed by atoms with Gasteiger partial charge < -0.3 is 128 Å². The highest BCUT2D eigenvalue weighted by atomic mass is 16.6. The summed E-state index contributed by atoms with van der Waals surface area (Å²) < 4.78 is 8.92. The van der Waals surface area contributed by atoms with E-state index < -0.39 is 166 Å². The maximum absolute atomic E-state index is 10.4. The van der Waals surface area contributed by atoms with Gasteiger partial charge in [0.25, 0.3) is 0 Å². The normalized spacial score (nSPS) is 43.4. The lowest BCUT2D eigenvalue weighted by atomic mass is 9.85. The van der Waals surface area contributed by atoms with E-state index >= 15 is 0 Å². The molecule has 0 bridgehead atoms. The number of aliphatic hydroxyl groups is 21. The number of aliphatic carboxylic acids is 1. The van der Waals surface area contributed by atoms with Crippen molar-refractivity contribution in [3.63, 3.8) is 0 Å². The zero-order chi connectivity index (χ0) is 43.2. The molecular weight excluding hydrogens is 766 g/mol. The van der Waals surface area contributed by atoms with Crippen LogP contribution in [0.4, 0.5) is 0 Å². The lowest BCUT2D eigenvalue weighted by Gasteiger charge is -2.39. The molecule has 0 amide bonds. The lowest BCUT2D eigenvalue weighted by Crippen LogP contribution is -2.63. The van der Waals surface area contributed by atoms with Crippen molar-refractivity contribution in [2.45, 2.75) is 129 Å². The second-order valence-electron chi connectivity index (χ2n) is 12.6. The summed E-state index contributed by atoms with van der Waals surface area (Å²) in [5.41, 5.74) is 4.77. The molecule has 328 valence electrons. The Morgan fingerprint density at radius 3 is 1.16 bits per heavy atom. The van der Waals surface area contributed by atoms with E-state index in [4.69, 9.17) is 97.7 Å². The topological polar surface area (TPSA) is 524 Å². The average Bonchev–Trinajstić information content (AvgIpc) is 3.52. The Balaban J connectivity index is 0.000000673. The molecule has 4 fully saturated rings. The van der Waals surface area contributed by atoms with E-state index in [2.05, 4.69) is 9.47 Å². The Hall–Kier alpha value is -1.98. The van der Waals surface area contributed by atoms with Crippen LogP contribution in [0, 0.1) is 5.92 Å². The van der Waals surface area contributed by atoms with Gasteiger partial charge in [-0.1, -0.05) is 0 Å². The van der Waals surface area contributed by atoms with Gasteiger partial charge >= 0.3 is 11.9 Å². The monoisotopic (exact) mass is 821 g/mol. The number of nitrogens with two attached hydrogens (primary N) is 1. The van der Waals surface area contributed by atoms with E-state index in [0.717, 1.165) is 0 Å². The highest BCUT2D eigenvalue weighted by molar-refractivity contribution is 5.77. The summed E-state index contributed by atoms with van der Waals surface area (Å²) in [6.07, 6.45) is -27.1. The van der Waals surface area contributed by atoms with Gasteiger partial charge in [0.15, 0.2) is 18.5 Å². The fraction of sp³-hybridized carbons (Fsp3) is 0.929. The van der Waals surface area contributed by atoms with Crippen LogP contribution in [-0.4, -0.2) is 273 Å². The molecule has 2 aliphatic carbocycles. The third-order valence-electron chi connectivity index (χ3n) is 8.56. The predicted molar refractivity (Wildman–Crippen MR) is 169 cm³/mol. The van der Waals surface area contributed by atoms with Crippen LogP contribution in [0.1, 0.15) is 6.42 Å². The maximum Gasteiger partial charge on any atom is 0.338 e. The Morgan fingerprint density at radius 1 is 0.545 bits per heavy atom.